The molecule has 0 amide bonds. The van der Waals surface area contributed by atoms with E-state index in [-0.39, 0.29) is 17.3 Å². The topological polar surface area (TPSA) is 57.5 Å². The third kappa shape index (κ3) is 1.70. The van der Waals surface area contributed by atoms with Gasteiger partial charge in [0.2, 0.25) is 0 Å². The molecule has 0 bridgehead atoms. The van der Waals surface area contributed by atoms with Gasteiger partial charge >= 0.3 is 5.97 Å². The predicted molar refractivity (Wildman–Crippen MR) is 65.2 cm³/mol. The highest BCUT2D eigenvalue weighted by Gasteiger charge is 2.62. The van der Waals surface area contributed by atoms with Crippen molar-refractivity contribution in [2.75, 3.05) is 0 Å². The second-order valence-corrected chi connectivity index (χ2v) is 5.62. The average Bonchev–Trinajstić information content (AvgIpc) is 2.77. The first kappa shape index (κ1) is 12.0. The first-order valence-electron chi connectivity index (χ1n) is 5.79. The van der Waals surface area contributed by atoms with Crippen LogP contribution >= 0.6 is 0 Å². The lowest BCUT2D eigenvalue weighted by molar-refractivity contribution is -0.139. The SMILES string of the molecule is Cc1cc(C2C(C(=O)O)C2(C)C)cc(C)c1O. The van der Waals surface area contributed by atoms with Crippen molar-refractivity contribution in [2.45, 2.75) is 33.6 Å². The van der Waals surface area contributed by atoms with Crippen molar-refractivity contribution in [3.05, 3.63) is 28.8 Å². The summed E-state index contributed by atoms with van der Waals surface area (Å²) in [7, 11) is 0. The summed E-state index contributed by atoms with van der Waals surface area (Å²) in [4.78, 5) is 11.1. The molecule has 1 aromatic carbocycles. The number of carboxylic acids is 1. The number of carbonyl (C=O) groups is 1. The van der Waals surface area contributed by atoms with E-state index < -0.39 is 5.97 Å². The summed E-state index contributed by atoms with van der Waals surface area (Å²) in [6.07, 6.45) is 0. The van der Waals surface area contributed by atoms with E-state index in [2.05, 4.69) is 0 Å². The fraction of sp³-hybridized carbons (Fsp3) is 0.500. The molecule has 3 heteroatoms. The standard InChI is InChI=1S/C14H18O3/c1-7-5-9(6-8(2)12(7)15)10-11(13(16)17)14(10,3)4/h5-6,10-11,15H,1-4H3,(H,16,17). The maximum absolute atomic E-state index is 11.1. The summed E-state index contributed by atoms with van der Waals surface area (Å²) in [5.41, 5.74) is 2.45. The van der Waals surface area contributed by atoms with E-state index in [1.54, 1.807) is 0 Å². The number of phenols is 1. The molecule has 0 spiro atoms. The van der Waals surface area contributed by atoms with Crippen LogP contribution in [-0.4, -0.2) is 16.2 Å². The Morgan fingerprint density at radius 3 is 2.06 bits per heavy atom. The van der Waals surface area contributed by atoms with Crippen molar-refractivity contribution in [2.24, 2.45) is 11.3 Å². The van der Waals surface area contributed by atoms with Crippen LogP contribution in [0.15, 0.2) is 12.1 Å². The lowest BCUT2D eigenvalue weighted by Crippen LogP contribution is -2.03. The molecule has 1 aliphatic carbocycles. The van der Waals surface area contributed by atoms with Gasteiger partial charge in [-0.2, -0.15) is 0 Å². The zero-order chi connectivity index (χ0) is 13.0. The molecule has 1 saturated carbocycles. The van der Waals surface area contributed by atoms with Crippen LogP contribution in [0, 0.1) is 25.2 Å². The maximum atomic E-state index is 11.1. The Kier molecular flexibility index (Phi) is 2.45. The highest BCUT2D eigenvalue weighted by Crippen LogP contribution is 2.64. The molecule has 0 aliphatic heterocycles. The molecule has 0 heterocycles. The number of benzene rings is 1. The second-order valence-electron chi connectivity index (χ2n) is 5.62. The van der Waals surface area contributed by atoms with Gasteiger partial charge in [-0.1, -0.05) is 26.0 Å². The first-order valence-corrected chi connectivity index (χ1v) is 5.79. The Labute approximate surface area is 101 Å². The van der Waals surface area contributed by atoms with Crippen LogP contribution in [0.3, 0.4) is 0 Å². The van der Waals surface area contributed by atoms with Gasteiger partial charge in [-0.25, -0.2) is 0 Å². The molecule has 3 nitrogen and oxygen atoms in total. The van der Waals surface area contributed by atoms with Crippen LogP contribution in [0.4, 0.5) is 0 Å². The number of aryl methyl sites for hydroxylation is 2. The molecule has 1 aliphatic rings. The van der Waals surface area contributed by atoms with Crippen molar-refractivity contribution in [1.82, 2.24) is 0 Å². The van der Waals surface area contributed by atoms with E-state index in [1.165, 1.54) is 0 Å². The summed E-state index contributed by atoms with van der Waals surface area (Å²) in [6.45, 7) is 7.65. The number of carboxylic acid groups (broad SMARTS) is 1. The van der Waals surface area contributed by atoms with E-state index in [9.17, 15) is 9.90 Å². The Morgan fingerprint density at radius 1 is 1.24 bits per heavy atom. The first-order chi connectivity index (χ1) is 7.76. The van der Waals surface area contributed by atoms with Crippen LogP contribution in [0.2, 0.25) is 0 Å². The molecule has 0 radical (unpaired) electrons. The van der Waals surface area contributed by atoms with Gasteiger partial charge in [-0.05, 0) is 36.0 Å². The quantitative estimate of drug-likeness (QED) is 0.827. The van der Waals surface area contributed by atoms with E-state index in [4.69, 9.17) is 5.11 Å². The fourth-order valence-corrected chi connectivity index (χ4v) is 2.89. The molecule has 0 saturated heterocycles. The number of rotatable bonds is 2. The summed E-state index contributed by atoms with van der Waals surface area (Å²) in [5, 5.41) is 18.9. The minimum Gasteiger partial charge on any atom is -0.507 e. The van der Waals surface area contributed by atoms with Gasteiger partial charge in [0.15, 0.2) is 0 Å². The van der Waals surface area contributed by atoms with Crippen LogP contribution in [0.25, 0.3) is 0 Å². The van der Waals surface area contributed by atoms with Gasteiger partial charge < -0.3 is 10.2 Å². The number of hydrogen-bond donors (Lipinski definition) is 2. The molecule has 2 N–H and O–H groups in total. The zero-order valence-corrected chi connectivity index (χ0v) is 10.6. The highest BCUT2D eigenvalue weighted by molar-refractivity contribution is 5.77. The van der Waals surface area contributed by atoms with Gasteiger partial charge in [0.05, 0.1) is 5.92 Å². The number of phenolic OH excluding ortho intramolecular Hbond substituents is 1. The molecule has 2 rings (SSSR count). The van der Waals surface area contributed by atoms with Gasteiger partial charge in [0, 0.05) is 5.92 Å². The normalized spacial score (nSPS) is 25.6. The molecular weight excluding hydrogens is 216 g/mol. The van der Waals surface area contributed by atoms with Crippen LogP contribution in [0.5, 0.6) is 5.75 Å². The Balaban J connectivity index is 2.41. The molecule has 2 atom stereocenters. The molecule has 17 heavy (non-hydrogen) atoms. The fourth-order valence-electron chi connectivity index (χ4n) is 2.89. The largest absolute Gasteiger partial charge is 0.507 e. The number of hydrogen-bond acceptors (Lipinski definition) is 2. The number of aliphatic carboxylic acids is 1. The summed E-state index contributed by atoms with van der Waals surface area (Å²) in [5.74, 6) is -0.689. The molecule has 2 unspecified atom stereocenters. The van der Waals surface area contributed by atoms with E-state index in [0.29, 0.717) is 5.75 Å². The molecule has 1 fully saturated rings. The smallest absolute Gasteiger partial charge is 0.307 e. The molecule has 0 aromatic heterocycles. The van der Waals surface area contributed by atoms with Gasteiger partial charge in [-0.3, -0.25) is 4.79 Å². The summed E-state index contributed by atoms with van der Waals surface area (Å²) >= 11 is 0. The minimum atomic E-state index is -0.733. The molecule has 92 valence electrons. The lowest BCUT2D eigenvalue weighted by atomic mass is 9.98. The lowest BCUT2D eigenvalue weighted by Gasteiger charge is -2.08. The molecular formula is C14H18O3. The summed E-state index contributed by atoms with van der Waals surface area (Å²) < 4.78 is 0. The van der Waals surface area contributed by atoms with Crippen LogP contribution in [0.1, 0.15) is 36.5 Å². The highest BCUT2D eigenvalue weighted by atomic mass is 16.4. The Bertz CT molecular complexity index is 465. The maximum Gasteiger partial charge on any atom is 0.307 e. The van der Waals surface area contributed by atoms with E-state index >= 15 is 0 Å². The van der Waals surface area contributed by atoms with Crippen molar-refractivity contribution >= 4 is 5.97 Å². The van der Waals surface area contributed by atoms with Gasteiger partial charge in [0.25, 0.3) is 0 Å². The second kappa shape index (κ2) is 3.49. The van der Waals surface area contributed by atoms with Gasteiger partial charge in [-0.15, -0.1) is 0 Å². The predicted octanol–water partition coefficient (Wildman–Crippen LogP) is 2.83. The van der Waals surface area contributed by atoms with Crippen LogP contribution in [-0.2, 0) is 4.79 Å². The van der Waals surface area contributed by atoms with Crippen molar-refractivity contribution in [3.8, 4) is 5.75 Å². The monoisotopic (exact) mass is 234 g/mol. The Morgan fingerprint density at radius 2 is 1.71 bits per heavy atom. The minimum absolute atomic E-state index is 0.0537. The zero-order valence-electron chi connectivity index (χ0n) is 10.6. The number of aromatic hydroxyl groups is 1. The van der Waals surface area contributed by atoms with E-state index in [0.717, 1.165) is 16.7 Å². The van der Waals surface area contributed by atoms with Crippen molar-refractivity contribution < 1.29 is 15.0 Å². The summed E-state index contributed by atoms with van der Waals surface area (Å²) in [6, 6.07) is 3.80. The van der Waals surface area contributed by atoms with Crippen LogP contribution < -0.4 is 0 Å². The Hall–Kier alpha value is -1.51. The van der Waals surface area contributed by atoms with Gasteiger partial charge in [0.1, 0.15) is 5.75 Å². The van der Waals surface area contributed by atoms with Crippen molar-refractivity contribution in [3.63, 3.8) is 0 Å². The molecule has 1 aromatic rings. The van der Waals surface area contributed by atoms with E-state index in [1.807, 2.05) is 39.8 Å². The third-order valence-electron chi connectivity index (χ3n) is 3.97. The van der Waals surface area contributed by atoms with Crippen molar-refractivity contribution in [1.29, 1.82) is 0 Å². The average molecular weight is 234 g/mol. The third-order valence-corrected chi connectivity index (χ3v) is 3.97.